The fourth-order valence-electron chi connectivity index (χ4n) is 1.20. The number of halogens is 2. The summed E-state index contributed by atoms with van der Waals surface area (Å²) in [5, 5.41) is 0. The summed E-state index contributed by atoms with van der Waals surface area (Å²) in [7, 11) is 0. The molecule has 0 atom stereocenters. The number of rotatable bonds is 4. The Morgan fingerprint density at radius 3 is 1.82 bits per heavy atom. The zero-order chi connectivity index (χ0) is 8.16. The molecule has 0 aliphatic carbocycles. The SMILES string of the molecule is ICCC1(CCI)OCCO1. The van der Waals surface area contributed by atoms with Crippen LogP contribution < -0.4 is 0 Å². The maximum Gasteiger partial charge on any atom is 0.169 e. The first-order valence-corrected chi connectivity index (χ1v) is 6.78. The van der Waals surface area contributed by atoms with Crippen molar-refractivity contribution in [3.63, 3.8) is 0 Å². The van der Waals surface area contributed by atoms with Crippen molar-refractivity contribution < 1.29 is 9.47 Å². The van der Waals surface area contributed by atoms with Crippen LogP contribution >= 0.6 is 45.2 Å². The second kappa shape index (κ2) is 5.18. The van der Waals surface area contributed by atoms with Gasteiger partial charge in [-0.15, -0.1) is 0 Å². The topological polar surface area (TPSA) is 18.5 Å². The van der Waals surface area contributed by atoms with Crippen molar-refractivity contribution in [3.05, 3.63) is 0 Å². The molecule has 0 spiro atoms. The molecular weight excluding hydrogens is 370 g/mol. The van der Waals surface area contributed by atoms with Crippen molar-refractivity contribution in [2.24, 2.45) is 0 Å². The molecule has 1 aliphatic rings. The van der Waals surface area contributed by atoms with Gasteiger partial charge in [0.1, 0.15) is 0 Å². The van der Waals surface area contributed by atoms with Gasteiger partial charge in [0, 0.05) is 21.7 Å². The molecule has 1 fully saturated rings. The van der Waals surface area contributed by atoms with Crippen LogP contribution in [0.25, 0.3) is 0 Å². The molecule has 11 heavy (non-hydrogen) atoms. The van der Waals surface area contributed by atoms with E-state index in [1.807, 2.05) is 0 Å². The molecule has 0 saturated carbocycles. The van der Waals surface area contributed by atoms with Crippen LogP contribution in [0.1, 0.15) is 12.8 Å². The zero-order valence-electron chi connectivity index (χ0n) is 6.32. The van der Waals surface area contributed by atoms with Gasteiger partial charge in [-0.25, -0.2) is 0 Å². The highest BCUT2D eigenvalue weighted by Crippen LogP contribution is 2.28. The molecule has 0 bridgehead atoms. The molecule has 1 saturated heterocycles. The molecule has 4 heteroatoms. The summed E-state index contributed by atoms with van der Waals surface area (Å²) < 4.78 is 13.4. The van der Waals surface area contributed by atoms with Crippen LogP contribution in [-0.4, -0.2) is 27.9 Å². The van der Waals surface area contributed by atoms with Gasteiger partial charge in [0.2, 0.25) is 0 Å². The molecule has 2 nitrogen and oxygen atoms in total. The highest BCUT2D eigenvalue weighted by molar-refractivity contribution is 14.1. The van der Waals surface area contributed by atoms with Gasteiger partial charge in [0.15, 0.2) is 5.79 Å². The van der Waals surface area contributed by atoms with Crippen LogP contribution in [-0.2, 0) is 9.47 Å². The quantitative estimate of drug-likeness (QED) is 0.550. The highest BCUT2D eigenvalue weighted by Gasteiger charge is 2.34. The number of ether oxygens (including phenoxy) is 2. The molecular formula is C7H12I2O2. The number of hydrogen-bond acceptors (Lipinski definition) is 2. The lowest BCUT2D eigenvalue weighted by molar-refractivity contribution is -0.158. The van der Waals surface area contributed by atoms with E-state index in [-0.39, 0.29) is 5.79 Å². The summed E-state index contributed by atoms with van der Waals surface area (Å²) in [6, 6.07) is 0. The summed E-state index contributed by atoms with van der Waals surface area (Å²) in [4.78, 5) is 0. The van der Waals surface area contributed by atoms with Crippen LogP contribution in [0, 0.1) is 0 Å². The molecule has 1 heterocycles. The molecule has 0 radical (unpaired) electrons. The second-order valence-electron chi connectivity index (χ2n) is 2.49. The van der Waals surface area contributed by atoms with Crippen molar-refractivity contribution in [3.8, 4) is 0 Å². The Kier molecular flexibility index (Phi) is 4.93. The minimum absolute atomic E-state index is 0.220. The predicted octanol–water partition coefficient (Wildman–Crippen LogP) is 2.38. The maximum atomic E-state index is 5.59. The first kappa shape index (κ1) is 10.5. The summed E-state index contributed by atoms with van der Waals surface area (Å²) in [5.74, 6) is -0.220. The lowest BCUT2D eigenvalue weighted by Crippen LogP contribution is -2.31. The Morgan fingerprint density at radius 1 is 1.00 bits per heavy atom. The Hall–Kier alpha value is 1.38. The largest absolute Gasteiger partial charge is 0.347 e. The summed E-state index contributed by atoms with van der Waals surface area (Å²) in [5.41, 5.74) is 0. The van der Waals surface area contributed by atoms with Gasteiger partial charge >= 0.3 is 0 Å². The highest BCUT2D eigenvalue weighted by atomic mass is 127. The Labute approximate surface area is 94.7 Å². The minimum atomic E-state index is -0.220. The third kappa shape index (κ3) is 2.96. The lowest BCUT2D eigenvalue weighted by Gasteiger charge is -2.25. The van der Waals surface area contributed by atoms with Crippen molar-refractivity contribution in [2.45, 2.75) is 18.6 Å². The van der Waals surface area contributed by atoms with E-state index < -0.39 is 0 Å². The molecule has 0 N–H and O–H groups in total. The van der Waals surface area contributed by atoms with Crippen molar-refractivity contribution in [1.82, 2.24) is 0 Å². The van der Waals surface area contributed by atoms with Gasteiger partial charge < -0.3 is 9.47 Å². The van der Waals surface area contributed by atoms with Crippen LogP contribution in [0.4, 0.5) is 0 Å². The van der Waals surface area contributed by atoms with E-state index in [9.17, 15) is 0 Å². The first-order chi connectivity index (χ1) is 5.33. The van der Waals surface area contributed by atoms with Crippen LogP contribution in [0.5, 0.6) is 0 Å². The Balaban J connectivity index is 2.40. The number of alkyl halides is 2. The average molecular weight is 382 g/mol. The van der Waals surface area contributed by atoms with E-state index in [1.165, 1.54) is 0 Å². The van der Waals surface area contributed by atoms with Gasteiger partial charge in [-0.3, -0.25) is 0 Å². The first-order valence-electron chi connectivity index (χ1n) is 3.73. The molecule has 0 aromatic heterocycles. The standard InChI is InChI=1S/C7H12I2O2/c8-3-1-7(2-4-9)10-5-6-11-7/h1-6H2. The molecule has 0 amide bonds. The molecule has 1 rings (SSSR count). The number of hydrogen-bond donors (Lipinski definition) is 0. The minimum Gasteiger partial charge on any atom is -0.347 e. The fourth-order valence-corrected chi connectivity index (χ4v) is 2.84. The van der Waals surface area contributed by atoms with Crippen LogP contribution in [0.3, 0.4) is 0 Å². The molecule has 1 aliphatic heterocycles. The summed E-state index contributed by atoms with van der Waals surface area (Å²) in [6.45, 7) is 1.54. The third-order valence-corrected chi connectivity index (χ3v) is 2.84. The van der Waals surface area contributed by atoms with Gasteiger partial charge in [-0.2, -0.15) is 0 Å². The van der Waals surface area contributed by atoms with E-state index in [0.717, 1.165) is 34.9 Å². The van der Waals surface area contributed by atoms with Crippen molar-refractivity contribution >= 4 is 45.2 Å². The zero-order valence-corrected chi connectivity index (χ0v) is 10.6. The predicted molar refractivity (Wildman–Crippen MR) is 61.6 cm³/mol. The summed E-state index contributed by atoms with van der Waals surface area (Å²) in [6.07, 6.45) is 2.05. The van der Waals surface area contributed by atoms with Gasteiger partial charge in [-0.05, 0) is 0 Å². The second-order valence-corrected chi connectivity index (χ2v) is 4.64. The Bertz CT molecular complexity index is 105. The fraction of sp³-hybridized carbons (Fsp3) is 1.00. The molecule has 66 valence electrons. The van der Waals surface area contributed by atoms with Crippen LogP contribution in [0.15, 0.2) is 0 Å². The van der Waals surface area contributed by atoms with E-state index in [0.29, 0.717) is 0 Å². The Morgan fingerprint density at radius 2 is 1.45 bits per heavy atom. The van der Waals surface area contributed by atoms with E-state index in [1.54, 1.807) is 0 Å². The van der Waals surface area contributed by atoms with Gasteiger partial charge in [0.05, 0.1) is 13.2 Å². The van der Waals surface area contributed by atoms with Gasteiger partial charge in [-0.1, -0.05) is 45.2 Å². The van der Waals surface area contributed by atoms with Crippen LogP contribution in [0.2, 0.25) is 0 Å². The molecule has 0 unspecified atom stereocenters. The van der Waals surface area contributed by atoms with E-state index in [2.05, 4.69) is 45.2 Å². The van der Waals surface area contributed by atoms with Crippen molar-refractivity contribution in [1.29, 1.82) is 0 Å². The molecule has 0 aromatic carbocycles. The van der Waals surface area contributed by atoms with Gasteiger partial charge in [0.25, 0.3) is 0 Å². The summed E-state index contributed by atoms with van der Waals surface area (Å²) >= 11 is 4.73. The maximum absolute atomic E-state index is 5.59. The monoisotopic (exact) mass is 382 g/mol. The van der Waals surface area contributed by atoms with E-state index in [4.69, 9.17) is 9.47 Å². The lowest BCUT2D eigenvalue weighted by atomic mass is 10.1. The third-order valence-electron chi connectivity index (χ3n) is 1.76. The normalized spacial score (nSPS) is 22.4. The van der Waals surface area contributed by atoms with Crippen molar-refractivity contribution in [2.75, 3.05) is 22.1 Å². The van der Waals surface area contributed by atoms with E-state index >= 15 is 0 Å². The smallest absolute Gasteiger partial charge is 0.169 e. The average Bonchev–Trinajstić information content (AvgIpc) is 2.39. The molecule has 0 aromatic rings.